The fourth-order valence-corrected chi connectivity index (χ4v) is 2.92. The molecule has 1 aliphatic carbocycles. The molecule has 2 aliphatic heterocycles. The summed E-state index contributed by atoms with van der Waals surface area (Å²) < 4.78 is 3.86. The van der Waals surface area contributed by atoms with E-state index in [9.17, 15) is 0 Å². The third kappa shape index (κ3) is 1.11. The number of fused-ring (bicyclic) bond motifs is 1. The Morgan fingerprint density at radius 1 is 1.69 bits per heavy atom. The molecule has 3 fully saturated rings. The molecule has 1 saturated carbocycles. The lowest BCUT2D eigenvalue weighted by Gasteiger charge is -2.33. The van der Waals surface area contributed by atoms with E-state index in [1.165, 1.54) is 29.4 Å². The lowest BCUT2D eigenvalue weighted by Crippen LogP contribution is -2.49. The highest BCUT2D eigenvalue weighted by atomic mass is 32.1. The molecule has 3 heterocycles. The summed E-state index contributed by atoms with van der Waals surface area (Å²) in [4.78, 5) is 3.71. The first-order valence-corrected chi connectivity index (χ1v) is 5.38. The van der Waals surface area contributed by atoms with Crippen LogP contribution in [-0.2, 0) is 6.54 Å². The number of nitrogens with zero attached hydrogens (tertiary/aromatic N) is 3. The van der Waals surface area contributed by atoms with Gasteiger partial charge in [0.2, 0.25) is 0 Å². The van der Waals surface area contributed by atoms with Crippen LogP contribution in [0.4, 0.5) is 0 Å². The van der Waals surface area contributed by atoms with Crippen LogP contribution in [0.3, 0.4) is 0 Å². The van der Waals surface area contributed by atoms with Crippen molar-refractivity contribution in [1.82, 2.24) is 14.5 Å². The maximum Gasteiger partial charge on any atom is 0.0666 e. The monoisotopic (exact) mass is 196 g/mol. The van der Waals surface area contributed by atoms with Gasteiger partial charge in [-0.25, -0.2) is 0 Å². The molecule has 3 atom stereocenters. The predicted octanol–water partition coefficient (Wildman–Crippen LogP) is 0.0695. The van der Waals surface area contributed by atoms with E-state index in [1.807, 2.05) is 6.20 Å². The Morgan fingerprint density at radius 3 is 3.15 bits per heavy atom. The Morgan fingerprint density at radius 2 is 2.62 bits per heavy atom. The minimum Gasteiger partial charge on any atom is -0.326 e. The van der Waals surface area contributed by atoms with Gasteiger partial charge in [-0.3, -0.25) is 4.90 Å². The number of aromatic nitrogens is 2. The van der Waals surface area contributed by atoms with Gasteiger partial charge in [-0.2, -0.15) is 0 Å². The number of rotatable bonds is 2. The van der Waals surface area contributed by atoms with Crippen molar-refractivity contribution in [2.45, 2.75) is 25.0 Å². The van der Waals surface area contributed by atoms with E-state index in [-0.39, 0.29) is 0 Å². The number of hydrogen-bond donors (Lipinski definition) is 1. The van der Waals surface area contributed by atoms with Crippen molar-refractivity contribution < 1.29 is 0 Å². The van der Waals surface area contributed by atoms with Gasteiger partial charge in [-0.05, 0) is 23.9 Å². The van der Waals surface area contributed by atoms with E-state index in [0.29, 0.717) is 12.1 Å². The third-order valence-corrected chi connectivity index (χ3v) is 3.88. The van der Waals surface area contributed by atoms with Crippen LogP contribution in [0.5, 0.6) is 0 Å². The molecule has 70 valence electrons. The van der Waals surface area contributed by atoms with Crippen LogP contribution in [0, 0.1) is 5.92 Å². The minimum absolute atomic E-state index is 0.431. The van der Waals surface area contributed by atoms with E-state index in [1.54, 1.807) is 0 Å². The van der Waals surface area contributed by atoms with Gasteiger partial charge in [0.05, 0.1) is 11.1 Å². The number of nitrogens with two attached hydrogens (primary N) is 1. The molecule has 2 N–H and O–H groups in total. The molecule has 5 heteroatoms. The number of hydrogen-bond acceptors (Lipinski definition) is 5. The summed E-state index contributed by atoms with van der Waals surface area (Å²) in [6, 6.07) is 1.06. The van der Waals surface area contributed by atoms with E-state index >= 15 is 0 Å². The molecule has 13 heavy (non-hydrogen) atoms. The van der Waals surface area contributed by atoms with Gasteiger partial charge in [-0.1, -0.05) is 4.49 Å². The summed E-state index contributed by atoms with van der Waals surface area (Å²) in [5, 5.41) is 3.83. The van der Waals surface area contributed by atoms with E-state index in [0.717, 1.165) is 12.5 Å². The van der Waals surface area contributed by atoms with Gasteiger partial charge in [0, 0.05) is 25.2 Å². The normalized spacial score (nSPS) is 37.8. The van der Waals surface area contributed by atoms with Gasteiger partial charge in [0.1, 0.15) is 0 Å². The largest absolute Gasteiger partial charge is 0.326 e. The second-order valence-electron chi connectivity index (χ2n) is 3.95. The fraction of sp³-hybridized carbons (Fsp3) is 0.750. The molecule has 0 spiro atoms. The summed E-state index contributed by atoms with van der Waals surface area (Å²) in [6.07, 6.45) is 3.15. The summed E-state index contributed by atoms with van der Waals surface area (Å²) in [5.41, 5.74) is 5.98. The van der Waals surface area contributed by atoms with Gasteiger partial charge in [-0.15, -0.1) is 5.10 Å². The van der Waals surface area contributed by atoms with Crippen molar-refractivity contribution >= 4 is 11.5 Å². The lowest BCUT2D eigenvalue weighted by molar-refractivity contribution is 0.209. The van der Waals surface area contributed by atoms with Crippen molar-refractivity contribution in [2.75, 3.05) is 6.54 Å². The molecule has 4 rings (SSSR count). The smallest absolute Gasteiger partial charge is 0.0666 e. The van der Waals surface area contributed by atoms with E-state index in [4.69, 9.17) is 5.73 Å². The van der Waals surface area contributed by atoms with Crippen LogP contribution in [0.25, 0.3) is 0 Å². The topological polar surface area (TPSA) is 55.0 Å². The summed E-state index contributed by atoms with van der Waals surface area (Å²) in [5.74, 6) is 0.755. The molecule has 1 aromatic heterocycles. The molecular formula is C8H12N4S. The van der Waals surface area contributed by atoms with Crippen molar-refractivity contribution in [3.05, 3.63) is 11.1 Å². The van der Waals surface area contributed by atoms with E-state index < -0.39 is 0 Å². The first kappa shape index (κ1) is 7.84. The predicted molar refractivity (Wildman–Crippen MR) is 50.2 cm³/mol. The molecule has 2 bridgehead atoms. The zero-order chi connectivity index (χ0) is 8.84. The molecular weight excluding hydrogens is 184 g/mol. The molecule has 3 unspecified atom stereocenters. The van der Waals surface area contributed by atoms with Gasteiger partial charge >= 0.3 is 0 Å². The van der Waals surface area contributed by atoms with Gasteiger partial charge < -0.3 is 5.73 Å². The average Bonchev–Trinajstić information content (AvgIpc) is 2.78. The summed E-state index contributed by atoms with van der Waals surface area (Å²) >= 11 is 1.49. The van der Waals surface area contributed by atoms with Crippen LogP contribution < -0.4 is 5.73 Å². The van der Waals surface area contributed by atoms with Crippen LogP contribution in [0.2, 0.25) is 0 Å². The SMILES string of the molecule is NC1C2CC1N(Cc1cnns1)C2. The molecule has 0 aromatic carbocycles. The van der Waals surface area contributed by atoms with E-state index in [2.05, 4.69) is 14.5 Å². The highest BCUT2D eigenvalue weighted by Crippen LogP contribution is 2.40. The quantitative estimate of drug-likeness (QED) is 0.727. The Labute approximate surface area is 80.9 Å². The van der Waals surface area contributed by atoms with Gasteiger partial charge in [0.15, 0.2) is 0 Å². The zero-order valence-corrected chi connectivity index (χ0v) is 8.07. The summed E-state index contributed by atoms with van der Waals surface area (Å²) in [7, 11) is 0. The Hall–Kier alpha value is -0.520. The van der Waals surface area contributed by atoms with Crippen LogP contribution in [0.1, 0.15) is 11.3 Å². The lowest BCUT2D eigenvalue weighted by atomic mass is 9.81. The molecule has 3 aliphatic rings. The Kier molecular flexibility index (Phi) is 1.65. The molecule has 4 nitrogen and oxygen atoms in total. The Balaban J connectivity index is 1.69. The van der Waals surface area contributed by atoms with Crippen LogP contribution in [-0.4, -0.2) is 33.1 Å². The van der Waals surface area contributed by atoms with Crippen molar-refractivity contribution in [3.63, 3.8) is 0 Å². The molecule has 0 amide bonds. The maximum absolute atomic E-state index is 5.98. The highest BCUT2D eigenvalue weighted by molar-refractivity contribution is 7.05. The molecule has 1 aromatic rings. The van der Waals surface area contributed by atoms with Crippen molar-refractivity contribution in [2.24, 2.45) is 11.7 Å². The molecule has 0 radical (unpaired) electrons. The van der Waals surface area contributed by atoms with Crippen LogP contribution >= 0.6 is 11.5 Å². The second-order valence-corrected chi connectivity index (χ2v) is 4.82. The zero-order valence-electron chi connectivity index (χ0n) is 7.26. The maximum atomic E-state index is 5.98. The van der Waals surface area contributed by atoms with Crippen molar-refractivity contribution in [3.8, 4) is 0 Å². The first-order chi connectivity index (χ1) is 6.34. The third-order valence-electron chi connectivity index (χ3n) is 3.24. The minimum atomic E-state index is 0.431. The van der Waals surface area contributed by atoms with Gasteiger partial charge in [0.25, 0.3) is 0 Å². The first-order valence-electron chi connectivity index (χ1n) is 4.60. The average molecular weight is 196 g/mol. The highest BCUT2D eigenvalue weighted by Gasteiger charge is 2.49. The molecule has 2 saturated heterocycles. The van der Waals surface area contributed by atoms with Crippen molar-refractivity contribution in [1.29, 1.82) is 0 Å². The fourth-order valence-electron chi connectivity index (χ4n) is 2.41. The second kappa shape index (κ2) is 2.73. The Bertz CT molecular complexity index is 299. The standard InChI is InChI=1S/C8H12N4S/c9-8-5-1-7(8)12(3-5)4-6-2-10-11-13-6/h2,5,7-8H,1,3-4,9H2. The summed E-state index contributed by atoms with van der Waals surface area (Å²) in [6.45, 7) is 2.16. The van der Waals surface area contributed by atoms with Crippen LogP contribution in [0.15, 0.2) is 6.20 Å².